The van der Waals surface area contributed by atoms with Crippen molar-refractivity contribution >= 4 is 11.8 Å². The molecule has 0 saturated heterocycles. The molecule has 1 aliphatic carbocycles. The smallest absolute Gasteiger partial charge is 0.137 e. The zero-order valence-electron chi connectivity index (χ0n) is 12.2. The van der Waals surface area contributed by atoms with E-state index >= 15 is 0 Å². The Morgan fingerprint density at radius 3 is 2.75 bits per heavy atom. The average molecular weight is 293 g/mol. The molecule has 1 nitrogen and oxygen atoms in total. The maximum atomic E-state index is 13.9. The largest absolute Gasteiger partial charge is 0.307 e. The maximum absolute atomic E-state index is 13.9. The summed E-state index contributed by atoms with van der Waals surface area (Å²) in [5, 5.41) is 3.81. The van der Waals surface area contributed by atoms with Crippen LogP contribution in [0.2, 0.25) is 0 Å². The van der Waals surface area contributed by atoms with E-state index in [0.717, 1.165) is 23.0 Å². The Balaban J connectivity index is 1.66. The van der Waals surface area contributed by atoms with E-state index in [2.05, 4.69) is 18.3 Å². The highest BCUT2D eigenvalue weighted by Gasteiger charge is 2.27. The molecular weight excluding hydrogens is 269 g/mol. The Morgan fingerprint density at radius 1 is 1.20 bits per heavy atom. The second-order valence-electron chi connectivity index (χ2n) is 6.14. The first-order valence-corrected chi connectivity index (χ1v) is 8.93. The summed E-state index contributed by atoms with van der Waals surface area (Å²) in [5.41, 5.74) is 1.18. The van der Waals surface area contributed by atoms with Crippen LogP contribution < -0.4 is 5.32 Å². The molecule has 3 rings (SSSR count). The van der Waals surface area contributed by atoms with E-state index in [4.69, 9.17) is 0 Å². The highest BCUT2D eigenvalue weighted by atomic mass is 32.2. The molecule has 1 aromatic carbocycles. The Morgan fingerprint density at radius 2 is 2.00 bits per heavy atom. The molecule has 1 atom stereocenters. The molecule has 0 aromatic heterocycles. The van der Waals surface area contributed by atoms with E-state index in [9.17, 15) is 4.39 Å². The van der Waals surface area contributed by atoms with E-state index in [1.165, 1.54) is 37.7 Å². The van der Waals surface area contributed by atoms with Gasteiger partial charge in [-0.2, -0.15) is 0 Å². The predicted octanol–water partition coefficient (Wildman–Crippen LogP) is 4.92. The highest BCUT2D eigenvalue weighted by Crippen LogP contribution is 2.39. The van der Waals surface area contributed by atoms with Crippen LogP contribution in [0.25, 0.3) is 0 Å². The standard InChI is InChI=1S/C17H24FNS/c1-2-12-6-8-13(9-7-12)19-16-10-11-20-17-14(16)4-3-5-15(17)18/h3-5,12-13,16,19H,2,6-11H2,1H3. The van der Waals surface area contributed by atoms with Gasteiger partial charge in [-0.3, -0.25) is 0 Å². The minimum atomic E-state index is -0.0475. The van der Waals surface area contributed by atoms with E-state index in [0.29, 0.717) is 12.1 Å². The van der Waals surface area contributed by atoms with Crippen molar-refractivity contribution in [3.63, 3.8) is 0 Å². The Labute approximate surface area is 125 Å². The molecule has 1 heterocycles. The third kappa shape index (κ3) is 3.04. The minimum absolute atomic E-state index is 0.0475. The maximum Gasteiger partial charge on any atom is 0.137 e. The SMILES string of the molecule is CCC1CCC(NC2CCSc3c(F)cccc32)CC1. The van der Waals surface area contributed by atoms with Crippen LogP contribution in [0.15, 0.2) is 23.1 Å². The number of benzene rings is 1. The summed E-state index contributed by atoms with van der Waals surface area (Å²) >= 11 is 1.67. The molecule has 1 aliphatic heterocycles. The van der Waals surface area contributed by atoms with Gasteiger partial charge in [0, 0.05) is 17.0 Å². The molecule has 20 heavy (non-hydrogen) atoms. The lowest BCUT2D eigenvalue weighted by atomic mass is 9.84. The fourth-order valence-electron chi connectivity index (χ4n) is 3.58. The van der Waals surface area contributed by atoms with Crippen molar-refractivity contribution in [3.05, 3.63) is 29.6 Å². The quantitative estimate of drug-likeness (QED) is 0.849. The summed E-state index contributed by atoms with van der Waals surface area (Å²) in [6.07, 6.45) is 7.71. The minimum Gasteiger partial charge on any atom is -0.307 e. The summed E-state index contributed by atoms with van der Waals surface area (Å²) in [5.74, 6) is 1.91. The number of nitrogens with one attached hydrogen (secondary N) is 1. The highest BCUT2D eigenvalue weighted by molar-refractivity contribution is 7.99. The van der Waals surface area contributed by atoms with Crippen LogP contribution in [0.4, 0.5) is 4.39 Å². The second kappa shape index (κ2) is 6.48. The molecule has 110 valence electrons. The van der Waals surface area contributed by atoms with Gasteiger partial charge in [-0.15, -0.1) is 11.8 Å². The molecule has 0 amide bonds. The molecule has 1 N–H and O–H groups in total. The second-order valence-corrected chi connectivity index (χ2v) is 7.25. The van der Waals surface area contributed by atoms with Gasteiger partial charge in [0.1, 0.15) is 5.82 Å². The Bertz CT molecular complexity index is 454. The van der Waals surface area contributed by atoms with Crippen LogP contribution in [-0.2, 0) is 0 Å². The molecule has 0 bridgehead atoms. The third-order valence-corrected chi connectivity index (χ3v) is 6.05. The lowest BCUT2D eigenvalue weighted by Crippen LogP contribution is -2.37. The number of fused-ring (bicyclic) bond motifs is 1. The number of thioether (sulfide) groups is 1. The zero-order valence-corrected chi connectivity index (χ0v) is 13.0. The zero-order chi connectivity index (χ0) is 13.9. The van der Waals surface area contributed by atoms with Crippen molar-refractivity contribution in [1.29, 1.82) is 0 Å². The summed E-state index contributed by atoms with van der Waals surface area (Å²) < 4.78 is 13.9. The fourth-order valence-corrected chi connectivity index (χ4v) is 4.72. The van der Waals surface area contributed by atoms with E-state index < -0.39 is 0 Å². The molecule has 1 saturated carbocycles. The van der Waals surface area contributed by atoms with Gasteiger partial charge in [0.05, 0.1) is 0 Å². The van der Waals surface area contributed by atoms with Crippen molar-refractivity contribution in [2.75, 3.05) is 5.75 Å². The molecular formula is C17H24FNS. The van der Waals surface area contributed by atoms with Gasteiger partial charge in [-0.05, 0) is 55.4 Å². The van der Waals surface area contributed by atoms with Crippen LogP contribution in [0.1, 0.15) is 57.1 Å². The monoisotopic (exact) mass is 293 g/mol. The van der Waals surface area contributed by atoms with Crippen molar-refractivity contribution in [3.8, 4) is 0 Å². The van der Waals surface area contributed by atoms with Gasteiger partial charge in [0.2, 0.25) is 0 Å². The first-order valence-electron chi connectivity index (χ1n) is 7.95. The van der Waals surface area contributed by atoms with Crippen LogP contribution in [0.5, 0.6) is 0 Å². The van der Waals surface area contributed by atoms with E-state index in [1.807, 2.05) is 6.07 Å². The van der Waals surface area contributed by atoms with Crippen molar-refractivity contribution in [2.24, 2.45) is 5.92 Å². The van der Waals surface area contributed by atoms with Crippen molar-refractivity contribution < 1.29 is 4.39 Å². The number of rotatable bonds is 3. The predicted molar refractivity (Wildman–Crippen MR) is 83.7 cm³/mol. The third-order valence-electron chi connectivity index (χ3n) is 4.89. The van der Waals surface area contributed by atoms with Crippen LogP contribution in [0.3, 0.4) is 0 Å². The van der Waals surface area contributed by atoms with Crippen molar-refractivity contribution in [2.45, 2.75) is 62.4 Å². The normalized spacial score (nSPS) is 30.0. The topological polar surface area (TPSA) is 12.0 Å². The van der Waals surface area contributed by atoms with E-state index in [1.54, 1.807) is 17.8 Å². The molecule has 1 fully saturated rings. The number of halogens is 1. The summed E-state index contributed by atoms with van der Waals surface area (Å²) in [7, 11) is 0. The van der Waals surface area contributed by atoms with Gasteiger partial charge in [-0.25, -0.2) is 4.39 Å². The molecule has 2 aliphatic rings. The summed E-state index contributed by atoms with van der Waals surface area (Å²) in [6, 6.07) is 6.51. The van der Waals surface area contributed by atoms with Gasteiger partial charge in [0.25, 0.3) is 0 Å². The van der Waals surface area contributed by atoms with E-state index in [-0.39, 0.29) is 5.82 Å². The fraction of sp³-hybridized carbons (Fsp3) is 0.647. The molecule has 1 unspecified atom stereocenters. The number of hydrogen-bond acceptors (Lipinski definition) is 2. The average Bonchev–Trinajstić information content (AvgIpc) is 2.49. The van der Waals surface area contributed by atoms with Crippen LogP contribution in [0, 0.1) is 11.7 Å². The van der Waals surface area contributed by atoms with Gasteiger partial charge < -0.3 is 5.32 Å². The molecule has 0 radical (unpaired) electrons. The molecule has 3 heteroatoms. The lowest BCUT2D eigenvalue weighted by Gasteiger charge is -2.34. The molecule has 1 aromatic rings. The summed E-state index contributed by atoms with van der Waals surface area (Å²) in [4.78, 5) is 0.874. The van der Waals surface area contributed by atoms with Gasteiger partial charge in [0.15, 0.2) is 0 Å². The van der Waals surface area contributed by atoms with Gasteiger partial charge in [-0.1, -0.05) is 25.5 Å². The Kier molecular flexibility index (Phi) is 4.67. The first kappa shape index (κ1) is 14.4. The number of hydrogen-bond donors (Lipinski definition) is 1. The first-order chi connectivity index (χ1) is 9.78. The van der Waals surface area contributed by atoms with Crippen molar-refractivity contribution in [1.82, 2.24) is 5.32 Å². The van der Waals surface area contributed by atoms with Gasteiger partial charge >= 0.3 is 0 Å². The Hall–Kier alpha value is -0.540. The van der Waals surface area contributed by atoms with Crippen LogP contribution in [-0.4, -0.2) is 11.8 Å². The summed E-state index contributed by atoms with van der Waals surface area (Å²) in [6.45, 7) is 2.30. The lowest BCUT2D eigenvalue weighted by molar-refractivity contribution is 0.266. The molecule has 0 spiro atoms. The van der Waals surface area contributed by atoms with Crippen LogP contribution >= 0.6 is 11.8 Å².